The number of primary amides is 1. The summed E-state index contributed by atoms with van der Waals surface area (Å²) in [5, 5.41) is 3.91. The fraction of sp³-hybridized carbons (Fsp3) is 0.333. The summed E-state index contributed by atoms with van der Waals surface area (Å²) >= 11 is 0. The predicted octanol–water partition coefficient (Wildman–Crippen LogP) is 2.03. The molecule has 0 fully saturated rings. The van der Waals surface area contributed by atoms with Crippen LogP contribution in [-0.4, -0.2) is 17.6 Å². The lowest BCUT2D eigenvalue weighted by molar-refractivity contribution is 0.0999. The second kappa shape index (κ2) is 5.00. The van der Waals surface area contributed by atoms with Gasteiger partial charge in [0.2, 0.25) is 5.91 Å². The van der Waals surface area contributed by atoms with Crippen LogP contribution in [0.15, 0.2) is 28.8 Å². The minimum absolute atomic E-state index is 0.362. The lowest BCUT2D eigenvalue weighted by atomic mass is 9.96. The molecule has 1 aromatic carbocycles. The maximum absolute atomic E-state index is 11.5. The van der Waals surface area contributed by atoms with E-state index in [-0.39, 0.29) is 5.91 Å². The summed E-state index contributed by atoms with van der Waals surface area (Å²) in [7, 11) is 0. The molecule has 0 atom stereocenters. The Hall–Kier alpha value is -2.30. The van der Waals surface area contributed by atoms with E-state index in [1.54, 1.807) is 6.07 Å². The first-order valence-electron chi connectivity index (χ1n) is 6.74. The molecule has 20 heavy (non-hydrogen) atoms. The number of nitrogens with zero attached hydrogens (tertiary/aromatic N) is 2. The Morgan fingerprint density at radius 3 is 3.05 bits per heavy atom. The lowest BCUT2D eigenvalue weighted by Crippen LogP contribution is -2.30. The summed E-state index contributed by atoms with van der Waals surface area (Å²) in [5.74, 6) is 0.471. The van der Waals surface area contributed by atoms with Gasteiger partial charge < -0.3 is 15.2 Å². The van der Waals surface area contributed by atoms with Crippen LogP contribution in [0.25, 0.3) is 0 Å². The Labute approximate surface area is 117 Å². The van der Waals surface area contributed by atoms with Gasteiger partial charge in [0.15, 0.2) is 5.76 Å². The first-order valence-corrected chi connectivity index (χ1v) is 6.74. The highest BCUT2D eigenvalue weighted by Crippen LogP contribution is 2.30. The third-order valence-corrected chi connectivity index (χ3v) is 3.64. The van der Waals surface area contributed by atoms with E-state index in [9.17, 15) is 4.79 Å². The Morgan fingerprint density at radius 2 is 2.35 bits per heavy atom. The standard InChI is InChI=1S/C15H17N3O2/c1-10-8-11(20-17-10)9-18-7-3-5-12-13(15(16)19)4-2-6-14(12)18/h2,4,6,8H,3,5,7,9H2,1H3,(H2,16,19). The van der Waals surface area contributed by atoms with Crippen LogP contribution in [0.4, 0.5) is 5.69 Å². The van der Waals surface area contributed by atoms with Crippen molar-refractivity contribution >= 4 is 11.6 Å². The van der Waals surface area contributed by atoms with Gasteiger partial charge in [-0.25, -0.2) is 0 Å². The third kappa shape index (κ3) is 2.27. The highest BCUT2D eigenvalue weighted by atomic mass is 16.5. The number of aryl methyl sites for hydroxylation is 1. The van der Waals surface area contributed by atoms with Crippen LogP contribution in [0.1, 0.15) is 33.8 Å². The highest BCUT2D eigenvalue weighted by Gasteiger charge is 2.22. The minimum Gasteiger partial charge on any atom is -0.366 e. The Morgan fingerprint density at radius 1 is 1.50 bits per heavy atom. The molecule has 1 aromatic heterocycles. The number of fused-ring (bicyclic) bond motifs is 1. The Kier molecular flexibility index (Phi) is 3.18. The third-order valence-electron chi connectivity index (χ3n) is 3.64. The van der Waals surface area contributed by atoms with Crippen LogP contribution in [0.5, 0.6) is 0 Å². The fourth-order valence-electron chi connectivity index (χ4n) is 2.77. The molecule has 0 unspecified atom stereocenters. The van der Waals surface area contributed by atoms with E-state index in [4.69, 9.17) is 10.3 Å². The topological polar surface area (TPSA) is 72.4 Å². The number of hydrogen-bond acceptors (Lipinski definition) is 4. The van der Waals surface area contributed by atoms with E-state index >= 15 is 0 Å². The number of nitrogens with two attached hydrogens (primary N) is 1. The largest absolute Gasteiger partial charge is 0.366 e. The van der Waals surface area contributed by atoms with Crippen molar-refractivity contribution < 1.29 is 9.32 Å². The Bertz CT molecular complexity index is 648. The average molecular weight is 271 g/mol. The molecule has 2 heterocycles. The predicted molar refractivity (Wildman–Crippen MR) is 75.6 cm³/mol. The number of rotatable bonds is 3. The summed E-state index contributed by atoms with van der Waals surface area (Å²) in [6.07, 6.45) is 1.89. The quantitative estimate of drug-likeness (QED) is 0.927. The lowest BCUT2D eigenvalue weighted by Gasteiger charge is -2.31. The second-order valence-corrected chi connectivity index (χ2v) is 5.13. The molecule has 1 aliphatic heterocycles. The number of hydrogen-bond donors (Lipinski definition) is 1. The van der Waals surface area contributed by atoms with Crippen LogP contribution in [0, 0.1) is 6.92 Å². The van der Waals surface area contributed by atoms with Crippen LogP contribution < -0.4 is 10.6 Å². The highest BCUT2D eigenvalue weighted by molar-refractivity contribution is 5.96. The van der Waals surface area contributed by atoms with Gasteiger partial charge in [-0.2, -0.15) is 0 Å². The number of amides is 1. The molecule has 0 radical (unpaired) electrons. The van der Waals surface area contributed by atoms with E-state index in [1.807, 2.05) is 25.1 Å². The zero-order valence-corrected chi connectivity index (χ0v) is 11.4. The van der Waals surface area contributed by atoms with Crippen molar-refractivity contribution in [1.82, 2.24) is 5.16 Å². The van der Waals surface area contributed by atoms with E-state index in [0.29, 0.717) is 12.1 Å². The van der Waals surface area contributed by atoms with Gasteiger partial charge in [0, 0.05) is 23.9 Å². The molecule has 1 aliphatic rings. The van der Waals surface area contributed by atoms with Crippen molar-refractivity contribution in [1.29, 1.82) is 0 Å². The van der Waals surface area contributed by atoms with Crippen molar-refractivity contribution in [3.05, 3.63) is 46.8 Å². The smallest absolute Gasteiger partial charge is 0.249 e. The SMILES string of the molecule is Cc1cc(CN2CCCc3c(C(N)=O)cccc32)on1. The normalized spacial score (nSPS) is 14.2. The summed E-state index contributed by atoms with van der Waals surface area (Å²) in [6, 6.07) is 7.64. The summed E-state index contributed by atoms with van der Waals surface area (Å²) in [4.78, 5) is 13.7. The number of carbonyl (C=O) groups excluding carboxylic acids is 1. The molecule has 5 heteroatoms. The van der Waals surface area contributed by atoms with Gasteiger partial charge >= 0.3 is 0 Å². The molecular formula is C15H17N3O2. The van der Waals surface area contributed by atoms with Crippen LogP contribution in [-0.2, 0) is 13.0 Å². The molecule has 2 aromatic rings. The molecule has 1 amide bonds. The molecule has 5 nitrogen and oxygen atoms in total. The second-order valence-electron chi connectivity index (χ2n) is 5.13. The summed E-state index contributed by atoms with van der Waals surface area (Å²) in [5.41, 5.74) is 9.07. The molecular weight excluding hydrogens is 254 g/mol. The van der Waals surface area contributed by atoms with E-state index in [1.165, 1.54) is 0 Å². The van der Waals surface area contributed by atoms with Gasteiger partial charge in [-0.3, -0.25) is 4.79 Å². The van der Waals surface area contributed by atoms with Crippen molar-refractivity contribution in [2.24, 2.45) is 5.73 Å². The number of anilines is 1. The maximum Gasteiger partial charge on any atom is 0.249 e. The van der Waals surface area contributed by atoms with Crippen LogP contribution in [0.2, 0.25) is 0 Å². The van der Waals surface area contributed by atoms with E-state index in [2.05, 4.69) is 10.1 Å². The summed E-state index contributed by atoms with van der Waals surface area (Å²) in [6.45, 7) is 3.51. The Balaban J connectivity index is 1.94. The van der Waals surface area contributed by atoms with E-state index < -0.39 is 0 Å². The number of aromatic nitrogens is 1. The maximum atomic E-state index is 11.5. The average Bonchev–Trinajstić information content (AvgIpc) is 2.84. The van der Waals surface area contributed by atoms with Crippen LogP contribution >= 0.6 is 0 Å². The zero-order chi connectivity index (χ0) is 14.1. The summed E-state index contributed by atoms with van der Waals surface area (Å²) < 4.78 is 5.28. The van der Waals surface area contributed by atoms with Crippen molar-refractivity contribution in [2.45, 2.75) is 26.3 Å². The molecule has 0 saturated carbocycles. The zero-order valence-electron chi connectivity index (χ0n) is 11.4. The van der Waals surface area contributed by atoms with Gasteiger partial charge in [-0.05, 0) is 37.5 Å². The monoisotopic (exact) mass is 271 g/mol. The van der Waals surface area contributed by atoms with Crippen LogP contribution in [0.3, 0.4) is 0 Å². The van der Waals surface area contributed by atoms with Gasteiger partial charge in [0.1, 0.15) is 0 Å². The number of carbonyl (C=O) groups is 1. The van der Waals surface area contributed by atoms with Crippen molar-refractivity contribution in [3.63, 3.8) is 0 Å². The van der Waals surface area contributed by atoms with Gasteiger partial charge in [0.05, 0.1) is 12.2 Å². The van der Waals surface area contributed by atoms with Gasteiger partial charge in [-0.1, -0.05) is 11.2 Å². The van der Waals surface area contributed by atoms with Crippen molar-refractivity contribution in [2.75, 3.05) is 11.4 Å². The minimum atomic E-state index is -0.362. The fourth-order valence-corrected chi connectivity index (χ4v) is 2.77. The molecule has 2 N–H and O–H groups in total. The number of benzene rings is 1. The molecule has 0 bridgehead atoms. The van der Waals surface area contributed by atoms with Gasteiger partial charge in [0.25, 0.3) is 0 Å². The molecule has 3 rings (SSSR count). The molecule has 0 saturated heterocycles. The first-order chi connectivity index (χ1) is 9.65. The van der Waals surface area contributed by atoms with E-state index in [0.717, 1.165) is 42.1 Å². The molecule has 104 valence electrons. The molecule has 0 aliphatic carbocycles. The molecule has 0 spiro atoms. The van der Waals surface area contributed by atoms with Crippen molar-refractivity contribution in [3.8, 4) is 0 Å². The first kappa shape index (κ1) is 12.7. The van der Waals surface area contributed by atoms with Gasteiger partial charge in [-0.15, -0.1) is 0 Å².